The topological polar surface area (TPSA) is 24.5 Å². The standard InChI is InChI=1S/C12H26N2O/c1-4-14(5-2)9-6-8-13-12-7-10-15-11(12)3/h11-13H,4-10H2,1-3H3/t11-,12+/m1/s1. The molecule has 1 aliphatic heterocycles. The molecule has 1 saturated heterocycles. The summed E-state index contributed by atoms with van der Waals surface area (Å²) in [5.41, 5.74) is 0. The van der Waals surface area contributed by atoms with Crippen LogP contribution in [0.15, 0.2) is 0 Å². The van der Waals surface area contributed by atoms with Gasteiger partial charge in [0.05, 0.1) is 6.10 Å². The molecule has 0 spiro atoms. The minimum Gasteiger partial charge on any atom is -0.377 e. The molecule has 0 radical (unpaired) electrons. The Morgan fingerprint density at radius 3 is 2.60 bits per heavy atom. The summed E-state index contributed by atoms with van der Waals surface area (Å²) in [4.78, 5) is 2.47. The molecule has 1 N–H and O–H groups in total. The normalized spacial score (nSPS) is 26.4. The van der Waals surface area contributed by atoms with Crippen LogP contribution in [-0.4, -0.2) is 49.8 Å². The van der Waals surface area contributed by atoms with Crippen LogP contribution in [0.1, 0.15) is 33.6 Å². The molecule has 0 unspecified atom stereocenters. The monoisotopic (exact) mass is 214 g/mol. The van der Waals surface area contributed by atoms with Crippen LogP contribution in [0, 0.1) is 0 Å². The molecule has 90 valence electrons. The third-order valence-corrected chi connectivity index (χ3v) is 3.33. The number of ether oxygens (including phenoxy) is 1. The lowest BCUT2D eigenvalue weighted by atomic mass is 10.1. The molecular formula is C12H26N2O. The van der Waals surface area contributed by atoms with Crippen molar-refractivity contribution in [3.8, 4) is 0 Å². The van der Waals surface area contributed by atoms with Gasteiger partial charge in [-0.05, 0) is 45.9 Å². The molecule has 0 aromatic carbocycles. The molecule has 0 saturated carbocycles. The Labute approximate surface area is 94.2 Å². The molecule has 2 atom stereocenters. The summed E-state index contributed by atoms with van der Waals surface area (Å²) in [5.74, 6) is 0. The van der Waals surface area contributed by atoms with Gasteiger partial charge in [-0.2, -0.15) is 0 Å². The van der Waals surface area contributed by atoms with Gasteiger partial charge in [0.2, 0.25) is 0 Å². The molecule has 0 aromatic heterocycles. The summed E-state index contributed by atoms with van der Waals surface area (Å²) in [7, 11) is 0. The maximum absolute atomic E-state index is 5.51. The highest BCUT2D eigenvalue weighted by Gasteiger charge is 2.22. The van der Waals surface area contributed by atoms with Crippen LogP contribution in [-0.2, 0) is 4.74 Å². The molecule has 0 bridgehead atoms. The van der Waals surface area contributed by atoms with Gasteiger partial charge in [0, 0.05) is 12.6 Å². The lowest BCUT2D eigenvalue weighted by Gasteiger charge is -2.20. The summed E-state index contributed by atoms with van der Waals surface area (Å²) < 4.78 is 5.51. The average Bonchev–Trinajstić information content (AvgIpc) is 2.65. The Morgan fingerprint density at radius 1 is 1.33 bits per heavy atom. The van der Waals surface area contributed by atoms with Crippen molar-refractivity contribution >= 4 is 0 Å². The first-order chi connectivity index (χ1) is 7.27. The summed E-state index contributed by atoms with van der Waals surface area (Å²) in [6, 6.07) is 0.585. The Hall–Kier alpha value is -0.120. The van der Waals surface area contributed by atoms with Crippen LogP contribution in [0.3, 0.4) is 0 Å². The number of hydrogen-bond donors (Lipinski definition) is 1. The van der Waals surface area contributed by atoms with Gasteiger partial charge < -0.3 is 15.0 Å². The number of nitrogens with one attached hydrogen (secondary N) is 1. The maximum Gasteiger partial charge on any atom is 0.0700 e. The van der Waals surface area contributed by atoms with Crippen molar-refractivity contribution in [1.82, 2.24) is 10.2 Å². The summed E-state index contributed by atoms with van der Waals surface area (Å²) >= 11 is 0. The minimum atomic E-state index is 0.401. The van der Waals surface area contributed by atoms with Crippen LogP contribution in [0.5, 0.6) is 0 Å². The summed E-state index contributed by atoms with van der Waals surface area (Å²) in [5, 5.41) is 3.58. The number of hydrogen-bond acceptors (Lipinski definition) is 3. The number of rotatable bonds is 7. The van der Waals surface area contributed by atoms with E-state index in [1.807, 2.05) is 0 Å². The lowest BCUT2D eigenvalue weighted by molar-refractivity contribution is 0.113. The molecule has 3 nitrogen and oxygen atoms in total. The minimum absolute atomic E-state index is 0.401. The maximum atomic E-state index is 5.51. The summed E-state index contributed by atoms with van der Waals surface area (Å²) in [6.45, 7) is 12.2. The van der Waals surface area contributed by atoms with E-state index in [2.05, 4.69) is 31.0 Å². The zero-order valence-electron chi connectivity index (χ0n) is 10.5. The van der Waals surface area contributed by atoms with E-state index in [1.54, 1.807) is 0 Å². The first-order valence-corrected chi connectivity index (χ1v) is 6.35. The van der Waals surface area contributed by atoms with Crippen LogP contribution in [0.2, 0.25) is 0 Å². The van der Waals surface area contributed by atoms with E-state index < -0.39 is 0 Å². The second-order valence-corrected chi connectivity index (χ2v) is 4.31. The first kappa shape index (κ1) is 12.9. The van der Waals surface area contributed by atoms with Crippen LogP contribution < -0.4 is 5.32 Å². The Morgan fingerprint density at radius 2 is 2.07 bits per heavy atom. The highest BCUT2D eigenvalue weighted by atomic mass is 16.5. The molecule has 0 aromatic rings. The van der Waals surface area contributed by atoms with Crippen molar-refractivity contribution in [2.45, 2.75) is 45.8 Å². The van der Waals surface area contributed by atoms with Gasteiger partial charge in [0.15, 0.2) is 0 Å². The quantitative estimate of drug-likeness (QED) is 0.650. The molecular weight excluding hydrogens is 188 g/mol. The van der Waals surface area contributed by atoms with Crippen LogP contribution in [0.25, 0.3) is 0 Å². The first-order valence-electron chi connectivity index (χ1n) is 6.35. The van der Waals surface area contributed by atoms with Crippen LogP contribution >= 0.6 is 0 Å². The Balaban J connectivity index is 2.01. The molecule has 1 fully saturated rings. The smallest absolute Gasteiger partial charge is 0.0700 e. The van der Waals surface area contributed by atoms with Crippen LogP contribution in [0.4, 0.5) is 0 Å². The fourth-order valence-corrected chi connectivity index (χ4v) is 2.13. The second-order valence-electron chi connectivity index (χ2n) is 4.31. The third kappa shape index (κ3) is 4.49. The van der Waals surface area contributed by atoms with E-state index in [0.717, 1.165) is 13.2 Å². The van der Waals surface area contributed by atoms with E-state index in [9.17, 15) is 0 Å². The van der Waals surface area contributed by atoms with Gasteiger partial charge in [0.25, 0.3) is 0 Å². The largest absolute Gasteiger partial charge is 0.377 e. The highest BCUT2D eigenvalue weighted by molar-refractivity contribution is 4.78. The molecule has 15 heavy (non-hydrogen) atoms. The van der Waals surface area contributed by atoms with E-state index in [-0.39, 0.29) is 0 Å². The predicted octanol–water partition coefficient (Wildman–Crippen LogP) is 1.49. The van der Waals surface area contributed by atoms with Gasteiger partial charge in [-0.3, -0.25) is 0 Å². The molecule has 0 amide bonds. The average molecular weight is 214 g/mol. The van der Waals surface area contributed by atoms with E-state index >= 15 is 0 Å². The zero-order chi connectivity index (χ0) is 11.1. The van der Waals surface area contributed by atoms with Gasteiger partial charge >= 0.3 is 0 Å². The van der Waals surface area contributed by atoms with Gasteiger partial charge in [-0.25, -0.2) is 0 Å². The zero-order valence-corrected chi connectivity index (χ0v) is 10.5. The van der Waals surface area contributed by atoms with Crippen molar-refractivity contribution in [3.05, 3.63) is 0 Å². The SMILES string of the molecule is CCN(CC)CCCN[C@H]1CCO[C@@H]1C. The fourth-order valence-electron chi connectivity index (χ4n) is 2.13. The van der Waals surface area contributed by atoms with Crippen molar-refractivity contribution < 1.29 is 4.74 Å². The van der Waals surface area contributed by atoms with Crippen molar-refractivity contribution in [2.75, 3.05) is 32.8 Å². The van der Waals surface area contributed by atoms with E-state index in [0.29, 0.717) is 12.1 Å². The van der Waals surface area contributed by atoms with Gasteiger partial charge in [-0.1, -0.05) is 13.8 Å². The Bertz CT molecular complexity index is 160. The predicted molar refractivity (Wildman–Crippen MR) is 64.2 cm³/mol. The summed E-state index contributed by atoms with van der Waals surface area (Å²) in [6.07, 6.45) is 2.82. The van der Waals surface area contributed by atoms with Crippen molar-refractivity contribution in [3.63, 3.8) is 0 Å². The van der Waals surface area contributed by atoms with E-state index in [4.69, 9.17) is 4.74 Å². The molecule has 3 heteroatoms. The third-order valence-electron chi connectivity index (χ3n) is 3.33. The number of nitrogens with zero attached hydrogens (tertiary/aromatic N) is 1. The lowest BCUT2D eigenvalue weighted by Crippen LogP contribution is -2.36. The van der Waals surface area contributed by atoms with Gasteiger partial charge in [-0.15, -0.1) is 0 Å². The van der Waals surface area contributed by atoms with Crippen molar-refractivity contribution in [2.24, 2.45) is 0 Å². The van der Waals surface area contributed by atoms with Crippen molar-refractivity contribution in [1.29, 1.82) is 0 Å². The second kappa shape index (κ2) is 7.20. The highest BCUT2D eigenvalue weighted by Crippen LogP contribution is 2.12. The molecule has 1 heterocycles. The fraction of sp³-hybridized carbons (Fsp3) is 1.00. The Kier molecular flexibility index (Phi) is 6.22. The molecule has 1 aliphatic rings. The van der Waals surface area contributed by atoms with E-state index in [1.165, 1.54) is 32.5 Å². The molecule has 0 aliphatic carbocycles. The molecule has 1 rings (SSSR count). The van der Waals surface area contributed by atoms with Gasteiger partial charge in [0.1, 0.15) is 0 Å².